The Kier molecular flexibility index (Phi) is 4.80. The van der Waals surface area contributed by atoms with Crippen molar-refractivity contribution in [2.24, 2.45) is 5.92 Å². The van der Waals surface area contributed by atoms with Crippen LogP contribution in [0.4, 0.5) is 4.79 Å². The number of rotatable bonds is 6. The lowest BCUT2D eigenvalue weighted by molar-refractivity contribution is -0.143. The molecule has 102 valence electrons. The van der Waals surface area contributed by atoms with E-state index >= 15 is 0 Å². The lowest BCUT2D eigenvalue weighted by Crippen LogP contribution is -2.42. The lowest BCUT2D eigenvalue weighted by atomic mass is 10.2. The lowest BCUT2D eigenvalue weighted by Gasteiger charge is -2.18. The number of hydrogen-bond acceptors (Lipinski definition) is 5. The fourth-order valence-electron chi connectivity index (χ4n) is 1.59. The van der Waals surface area contributed by atoms with Crippen LogP contribution in [0.3, 0.4) is 0 Å². The molecule has 7 heteroatoms. The Balaban J connectivity index is 2.45. The fourth-order valence-corrected chi connectivity index (χ4v) is 1.59. The Hall–Kier alpha value is -1.47. The number of imide groups is 2. The summed E-state index contributed by atoms with van der Waals surface area (Å²) >= 11 is 0. The van der Waals surface area contributed by atoms with Gasteiger partial charge in [-0.05, 0) is 12.5 Å². The van der Waals surface area contributed by atoms with Crippen LogP contribution in [0.25, 0.3) is 0 Å². The first-order valence-electron chi connectivity index (χ1n) is 5.86. The van der Waals surface area contributed by atoms with Crippen molar-refractivity contribution in [1.82, 2.24) is 15.1 Å². The van der Waals surface area contributed by atoms with E-state index in [1.54, 1.807) is 0 Å². The summed E-state index contributed by atoms with van der Waals surface area (Å²) in [6, 6.07) is -0.687. The minimum absolute atomic E-state index is 0.168. The largest absolute Gasteiger partial charge is 0.390 e. The molecule has 1 saturated heterocycles. The summed E-state index contributed by atoms with van der Waals surface area (Å²) in [4.78, 5) is 35.7. The molecule has 0 saturated carbocycles. The first-order valence-corrected chi connectivity index (χ1v) is 5.86. The van der Waals surface area contributed by atoms with Crippen LogP contribution in [-0.2, 0) is 9.59 Å². The zero-order valence-electron chi connectivity index (χ0n) is 10.8. The fraction of sp³-hybridized carbons (Fsp3) is 0.727. The third-order valence-corrected chi connectivity index (χ3v) is 2.58. The molecule has 1 atom stereocenters. The Labute approximate surface area is 106 Å². The van der Waals surface area contributed by atoms with Crippen molar-refractivity contribution in [3.8, 4) is 0 Å². The van der Waals surface area contributed by atoms with E-state index in [2.05, 4.69) is 5.32 Å². The van der Waals surface area contributed by atoms with E-state index in [0.717, 1.165) is 16.3 Å². The van der Waals surface area contributed by atoms with Gasteiger partial charge >= 0.3 is 17.8 Å². The van der Waals surface area contributed by atoms with Crippen LogP contribution in [0, 0.1) is 5.92 Å². The molecule has 0 bridgehead atoms. The molecular formula is C11H19N3O4. The van der Waals surface area contributed by atoms with Crippen molar-refractivity contribution in [2.45, 2.75) is 20.0 Å². The maximum absolute atomic E-state index is 11.5. The van der Waals surface area contributed by atoms with Gasteiger partial charge in [-0.1, -0.05) is 13.8 Å². The minimum Gasteiger partial charge on any atom is -0.390 e. The second-order valence-corrected chi connectivity index (χ2v) is 4.77. The van der Waals surface area contributed by atoms with Crippen molar-refractivity contribution in [2.75, 3.05) is 26.7 Å². The molecule has 18 heavy (non-hydrogen) atoms. The standard InChI is InChI=1S/C11H19N3O4/c1-7(2)4-12-5-8(15)6-14-10(17)9(16)13(3)11(14)18/h7-8,12,15H,4-6H2,1-3H3. The Morgan fingerprint density at radius 2 is 1.78 bits per heavy atom. The molecule has 1 aliphatic heterocycles. The van der Waals surface area contributed by atoms with Gasteiger partial charge < -0.3 is 10.4 Å². The summed E-state index contributed by atoms with van der Waals surface area (Å²) in [5, 5.41) is 12.7. The van der Waals surface area contributed by atoms with Gasteiger partial charge in [-0.15, -0.1) is 0 Å². The van der Waals surface area contributed by atoms with Gasteiger partial charge in [0, 0.05) is 13.6 Å². The second kappa shape index (κ2) is 5.92. The highest BCUT2D eigenvalue weighted by Gasteiger charge is 2.42. The van der Waals surface area contributed by atoms with Gasteiger partial charge in [0.05, 0.1) is 12.6 Å². The minimum atomic E-state index is -0.884. The maximum atomic E-state index is 11.5. The summed E-state index contributed by atoms with van der Waals surface area (Å²) in [5.41, 5.74) is 0. The van der Waals surface area contributed by atoms with Crippen LogP contribution in [0.5, 0.6) is 0 Å². The third kappa shape index (κ3) is 3.27. The Morgan fingerprint density at radius 1 is 1.17 bits per heavy atom. The molecular weight excluding hydrogens is 238 g/mol. The Morgan fingerprint density at radius 3 is 2.22 bits per heavy atom. The summed E-state index contributed by atoms with van der Waals surface area (Å²) in [6.07, 6.45) is -0.879. The van der Waals surface area contributed by atoms with Gasteiger partial charge in [0.2, 0.25) is 0 Å². The highest BCUT2D eigenvalue weighted by Crippen LogP contribution is 2.09. The average molecular weight is 257 g/mol. The number of amides is 4. The zero-order chi connectivity index (χ0) is 13.9. The predicted molar refractivity (Wildman–Crippen MR) is 63.6 cm³/mol. The quantitative estimate of drug-likeness (QED) is 0.471. The van der Waals surface area contributed by atoms with Gasteiger partial charge in [-0.25, -0.2) is 4.79 Å². The topological polar surface area (TPSA) is 89.9 Å². The van der Waals surface area contributed by atoms with Crippen molar-refractivity contribution in [1.29, 1.82) is 0 Å². The number of carbonyl (C=O) groups is 3. The summed E-state index contributed by atoms with van der Waals surface area (Å²) in [5.74, 6) is -1.30. The van der Waals surface area contributed by atoms with Crippen LogP contribution in [0.1, 0.15) is 13.8 Å². The molecule has 2 N–H and O–H groups in total. The number of hydrogen-bond donors (Lipinski definition) is 2. The van der Waals surface area contributed by atoms with E-state index in [-0.39, 0.29) is 13.1 Å². The molecule has 1 heterocycles. The number of carbonyl (C=O) groups excluding carboxylic acids is 3. The highest BCUT2D eigenvalue weighted by atomic mass is 16.3. The number of urea groups is 1. The van der Waals surface area contributed by atoms with Crippen LogP contribution in [0.15, 0.2) is 0 Å². The van der Waals surface area contributed by atoms with E-state index in [9.17, 15) is 19.5 Å². The van der Waals surface area contributed by atoms with Crippen molar-refractivity contribution >= 4 is 17.8 Å². The van der Waals surface area contributed by atoms with Gasteiger partial charge in [0.15, 0.2) is 0 Å². The SMILES string of the molecule is CC(C)CNCC(O)CN1C(=O)C(=O)N(C)C1=O. The van der Waals surface area contributed by atoms with Crippen LogP contribution >= 0.6 is 0 Å². The van der Waals surface area contributed by atoms with Crippen LogP contribution < -0.4 is 5.32 Å². The molecule has 7 nitrogen and oxygen atoms in total. The van der Waals surface area contributed by atoms with Crippen molar-refractivity contribution < 1.29 is 19.5 Å². The zero-order valence-corrected chi connectivity index (χ0v) is 10.8. The molecule has 1 unspecified atom stereocenters. The van der Waals surface area contributed by atoms with Crippen LogP contribution in [0.2, 0.25) is 0 Å². The molecule has 0 aromatic heterocycles. The normalized spacial score (nSPS) is 18.2. The number of β-amino-alcohol motifs (C(OH)–C–C–N with tert-alkyl or cyclic N) is 1. The van der Waals surface area contributed by atoms with Gasteiger partial charge in [-0.3, -0.25) is 19.4 Å². The molecule has 0 aromatic carbocycles. The van der Waals surface area contributed by atoms with Crippen molar-refractivity contribution in [3.05, 3.63) is 0 Å². The molecule has 4 amide bonds. The molecule has 1 fully saturated rings. The monoisotopic (exact) mass is 257 g/mol. The third-order valence-electron chi connectivity index (χ3n) is 2.58. The summed E-state index contributed by atoms with van der Waals surface area (Å²) in [6.45, 7) is 4.89. The van der Waals surface area contributed by atoms with Gasteiger partial charge in [0.25, 0.3) is 0 Å². The molecule has 0 radical (unpaired) electrons. The molecule has 1 rings (SSSR count). The van der Waals surface area contributed by atoms with E-state index in [1.807, 2.05) is 13.8 Å². The Bertz CT molecular complexity index is 356. The second-order valence-electron chi connectivity index (χ2n) is 4.77. The van der Waals surface area contributed by atoms with E-state index in [0.29, 0.717) is 5.92 Å². The van der Waals surface area contributed by atoms with Crippen LogP contribution in [-0.4, -0.2) is 65.5 Å². The smallest absolute Gasteiger partial charge is 0.334 e. The number of aliphatic hydroxyl groups is 1. The number of aliphatic hydroxyl groups excluding tert-OH is 1. The first kappa shape index (κ1) is 14.6. The number of nitrogens with one attached hydrogen (secondary N) is 1. The van der Waals surface area contributed by atoms with E-state index < -0.39 is 23.9 Å². The van der Waals surface area contributed by atoms with Gasteiger partial charge in [0.1, 0.15) is 0 Å². The molecule has 1 aliphatic rings. The molecule has 0 aliphatic carbocycles. The summed E-state index contributed by atoms with van der Waals surface area (Å²) in [7, 11) is 1.24. The number of nitrogens with zero attached hydrogens (tertiary/aromatic N) is 2. The predicted octanol–water partition coefficient (Wildman–Crippen LogP) is -0.986. The van der Waals surface area contributed by atoms with Crippen molar-refractivity contribution in [3.63, 3.8) is 0 Å². The average Bonchev–Trinajstić information content (AvgIpc) is 2.46. The first-order chi connectivity index (χ1) is 8.34. The number of likely N-dealkylation sites (N-methyl/N-ethyl adjacent to an activating group) is 1. The highest BCUT2D eigenvalue weighted by molar-refractivity contribution is 6.44. The van der Waals surface area contributed by atoms with E-state index in [4.69, 9.17) is 0 Å². The maximum Gasteiger partial charge on any atom is 0.334 e. The van der Waals surface area contributed by atoms with Gasteiger partial charge in [-0.2, -0.15) is 0 Å². The molecule has 0 aromatic rings. The summed E-state index contributed by atoms with van der Waals surface area (Å²) < 4.78 is 0. The molecule has 0 spiro atoms. The van der Waals surface area contributed by atoms with E-state index in [1.165, 1.54) is 7.05 Å².